The Morgan fingerprint density at radius 3 is 2.80 bits per heavy atom. The smallest absolute Gasteiger partial charge is 0.246 e. The second-order valence-corrected chi connectivity index (χ2v) is 4.04. The van der Waals surface area contributed by atoms with Gasteiger partial charge in [-0.15, -0.1) is 6.42 Å². The zero-order valence-electron chi connectivity index (χ0n) is 9.30. The van der Waals surface area contributed by atoms with Gasteiger partial charge < -0.3 is 15.4 Å². The SMILES string of the molecule is C#CC(CC)NC(=O)COC1(C)CNC1. The lowest BCUT2D eigenvalue weighted by Gasteiger charge is -2.38. The second-order valence-electron chi connectivity index (χ2n) is 4.04. The Kier molecular flexibility index (Phi) is 4.13. The minimum Gasteiger partial charge on any atom is -0.363 e. The predicted octanol–water partition coefficient (Wildman–Crippen LogP) is -0.107. The zero-order chi connectivity index (χ0) is 11.3. The van der Waals surface area contributed by atoms with Crippen molar-refractivity contribution in [3.8, 4) is 12.3 Å². The lowest BCUT2D eigenvalue weighted by atomic mass is 10.0. The number of hydrogen-bond donors (Lipinski definition) is 2. The van der Waals surface area contributed by atoms with E-state index in [1.54, 1.807) is 0 Å². The minimum atomic E-state index is -0.187. The number of carbonyl (C=O) groups excluding carboxylic acids is 1. The summed E-state index contributed by atoms with van der Waals surface area (Å²) in [5.41, 5.74) is -0.185. The lowest BCUT2D eigenvalue weighted by Crippen LogP contribution is -2.59. The van der Waals surface area contributed by atoms with E-state index in [1.807, 2.05) is 13.8 Å². The number of terminal acetylenes is 1. The van der Waals surface area contributed by atoms with Gasteiger partial charge in [0.25, 0.3) is 0 Å². The maximum atomic E-state index is 11.4. The Morgan fingerprint density at radius 2 is 2.40 bits per heavy atom. The molecule has 0 aliphatic carbocycles. The van der Waals surface area contributed by atoms with Crippen LogP contribution in [0.1, 0.15) is 20.3 Å². The molecule has 1 saturated heterocycles. The summed E-state index contributed by atoms with van der Waals surface area (Å²) in [6.45, 7) is 5.59. The van der Waals surface area contributed by atoms with Crippen molar-refractivity contribution in [3.05, 3.63) is 0 Å². The largest absolute Gasteiger partial charge is 0.363 e. The maximum Gasteiger partial charge on any atom is 0.246 e. The van der Waals surface area contributed by atoms with Crippen LogP contribution in [0.15, 0.2) is 0 Å². The molecule has 0 aromatic carbocycles. The van der Waals surface area contributed by atoms with Gasteiger partial charge in [-0.2, -0.15) is 0 Å². The Bertz CT molecular complexity index is 266. The van der Waals surface area contributed by atoms with Crippen molar-refractivity contribution in [2.45, 2.75) is 31.9 Å². The summed E-state index contributed by atoms with van der Waals surface area (Å²) in [6.07, 6.45) is 5.97. The van der Waals surface area contributed by atoms with Crippen molar-refractivity contribution >= 4 is 5.91 Å². The monoisotopic (exact) mass is 210 g/mol. The molecule has 1 fully saturated rings. The zero-order valence-corrected chi connectivity index (χ0v) is 9.30. The molecule has 0 aromatic heterocycles. The van der Waals surface area contributed by atoms with Gasteiger partial charge in [0.05, 0.1) is 11.6 Å². The van der Waals surface area contributed by atoms with Crippen molar-refractivity contribution < 1.29 is 9.53 Å². The van der Waals surface area contributed by atoms with E-state index in [9.17, 15) is 4.79 Å². The summed E-state index contributed by atoms with van der Waals surface area (Å²) in [6, 6.07) is -0.187. The van der Waals surface area contributed by atoms with Crippen LogP contribution in [0.2, 0.25) is 0 Å². The molecule has 1 aliphatic heterocycles. The van der Waals surface area contributed by atoms with Crippen LogP contribution in [0.5, 0.6) is 0 Å². The Labute approximate surface area is 90.8 Å². The average molecular weight is 210 g/mol. The molecular weight excluding hydrogens is 192 g/mol. The normalized spacial score (nSPS) is 19.8. The Balaban J connectivity index is 2.21. The van der Waals surface area contributed by atoms with E-state index in [0.717, 1.165) is 19.5 Å². The molecule has 0 radical (unpaired) electrons. The number of ether oxygens (including phenoxy) is 1. The highest BCUT2D eigenvalue weighted by molar-refractivity contribution is 5.77. The van der Waals surface area contributed by atoms with Crippen LogP contribution in [0.25, 0.3) is 0 Å². The molecule has 0 aromatic rings. The number of rotatable bonds is 5. The van der Waals surface area contributed by atoms with Crippen molar-refractivity contribution in [2.24, 2.45) is 0 Å². The Hall–Kier alpha value is -1.05. The Morgan fingerprint density at radius 1 is 1.73 bits per heavy atom. The number of carbonyl (C=O) groups is 1. The van der Waals surface area contributed by atoms with Crippen LogP contribution in [0.3, 0.4) is 0 Å². The first-order valence-corrected chi connectivity index (χ1v) is 5.20. The molecule has 4 nitrogen and oxygen atoms in total. The van der Waals surface area contributed by atoms with Gasteiger partial charge >= 0.3 is 0 Å². The van der Waals surface area contributed by atoms with Crippen LogP contribution in [-0.4, -0.2) is 37.2 Å². The fourth-order valence-electron chi connectivity index (χ4n) is 1.32. The van der Waals surface area contributed by atoms with E-state index in [4.69, 9.17) is 11.2 Å². The van der Waals surface area contributed by atoms with E-state index < -0.39 is 0 Å². The van der Waals surface area contributed by atoms with E-state index in [-0.39, 0.29) is 24.2 Å². The molecule has 1 aliphatic rings. The van der Waals surface area contributed by atoms with Gasteiger partial charge in [0.15, 0.2) is 0 Å². The van der Waals surface area contributed by atoms with Gasteiger partial charge in [-0.3, -0.25) is 4.79 Å². The maximum absolute atomic E-state index is 11.4. The second kappa shape index (κ2) is 5.15. The fourth-order valence-corrected chi connectivity index (χ4v) is 1.32. The molecule has 0 saturated carbocycles. The topological polar surface area (TPSA) is 50.4 Å². The summed E-state index contributed by atoms with van der Waals surface area (Å²) in [5.74, 6) is 2.36. The van der Waals surface area contributed by atoms with Crippen molar-refractivity contribution in [3.63, 3.8) is 0 Å². The molecule has 2 N–H and O–H groups in total. The van der Waals surface area contributed by atoms with E-state index in [2.05, 4.69) is 16.6 Å². The molecular formula is C11H18N2O2. The predicted molar refractivity (Wildman–Crippen MR) is 58.3 cm³/mol. The fraction of sp³-hybridized carbons (Fsp3) is 0.727. The molecule has 84 valence electrons. The number of hydrogen-bond acceptors (Lipinski definition) is 3. The van der Waals surface area contributed by atoms with Crippen LogP contribution in [-0.2, 0) is 9.53 Å². The van der Waals surface area contributed by atoms with Crippen LogP contribution < -0.4 is 10.6 Å². The molecule has 0 spiro atoms. The van der Waals surface area contributed by atoms with Gasteiger partial charge in [0.1, 0.15) is 6.61 Å². The molecule has 1 heterocycles. The molecule has 4 heteroatoms. The van der Waals surface area contributed by atoms with Crippen molar-refractivity contribution in [2.75, 3.05) is 19.7 Å². The molecule has 1 rings (SSSR count). The van der Waals surface area contributed by atoms with Crippen LogP contribution in [0, 0.1) is 12.3 Å². The van der Waals surface area contributed by atoms with Crippen molar-refractivity contribution in [1.29, 1.82) is 0 Å². The van der Waals surface area contributed by atoms with Gasteiger partial charge in [0, 0.05) is 13.1 Å². The van der Waals surface area contributed by atoms with Gasteiger partial charge in [-0.25, -0.2) is 0 Å². The third kappa shape index (κ3) is 3.54. The van der Waals surface area contributed by atoms with Crippen molar-refractivity contribution in [1.82, 2.24) is 10.6 Å². The average Bonchev–Trinajstić information content (AvgIpc) is 2.20. The highest BCUT2D eigenvalue weighted by Crippen LogP contribution is 2.14. The first-order valence-electron chi connectivity index (χ1n) is 5.20. The summed E-state index contributed by atoms with van der Waals surface area (Å²) < 4.78 is 5.47. The minimum absolute atomic E-state index is 0.0797. The molecule has 15 heavy (non-hydrogen) atoms. The molecule has 1 unspecified atom stereocenters. The third-order valence-corrected chi connectivity index (χ3v) is 2.49. The van der Waals surface area contributed by atoms with Crippen LogP contribution in [0.4, 0.5) is 0 Å². The first kappa shape index (κ1) is 12.0. The lowest BCUT2D eigenvalue weighted by molar-refractivity contribution is -0.136. The summed E-state index contributed by atoms with van der Waals surface area (Å²) in [4.78, 5) is 11.4. The molecule has 0 bridgehead atoms. The van der Waals surface area contributed by atoms with Gasteiger partial charge in [0.2, 0.25) is 5.91 Å². The third-order valence-electron chi connectivity index (χ3n) is 2.49. The van der Waals surface area contributed by atoms with E-state index >= 15 is 0 Å². The van der Waals surface area contributed by atoms with E-state index in [1.165, 1.54) is 0 Å². The number of amides is 1. The standard InChI is InChI=1S/C11H18N2O2/c1-4-9(5-2)13-10(14)6-15-11(3)7-12-8-11/h1,9,12H,5-8H2,2-3H3,(H,13,14). The quantitative estimate of drug-likeness (QED) is 0.623. The molecule has 1 amide bonds. The number of nitrogens with one attached hydrogen (secondary N) is 2. The summed E-state index contributed by atoms with van der Waals surface area (Å²) in [5, 5.41) is 5.82. The van der Waals surface area contributed by atoms with Gasteiger partial charge in [-0.05, 0) is 13.3 Å². The van der Waals surface area contributed by atoms with Gasteiger partial charge in [-0.1, -0.05) is 12.8 Å². The highest BCUT2D eigenvalue weighted by atomic mass is 16.5. The highest BCUT2D eigenvalue weighted by Gasteiger charge is 2.33. The molecule has 1 atom stereocenters. The summed E-state index contributed by atoms with van der Waals surface area (Å²) >= 11 is 0. The first-order chi connectivity index (χ1) is 7.09. The summed E-state index contributed by atoms with van der Waals surface area (Å²) in [7, 11) is 0. The van der Waals surface area contributed by atoms with Crippen LogP contribution >= 0.6 is 0 Å². The van der Waals surface area contributed by atoms with E-state index in [0.29, 0.717) is 0 Å².